The zero-order chi connectivity index (χ0) is 24.4. The van der Waals surface area contributed by atoms with Gasteiger partial charge in [0.25, 0.3) is 0 Å². The highest BCUT2D eigenvalue weighted by Gasteiger charge is 2.11. The molecule has 2 N–H and O–H groups in total. The predicted octanol–water partition coefficient (Wildman–Crippen LogP) is 5.84. The number of nitrogens with zero attached hydrogens (tertiary/aromatic N) is 4. The Bertz CT molecular complexity index is 1550. The number of fused-ring (bicyclic) bond motifs is 1. The summed E-state index contributed by atoms with van der Waals surface area (Å²) in [7, 11) is 0. The largest absolute Gasteiger partial charge is 0.454 e. The highest BCUT2D eigenvalue weighted by molar-refractivity contribution is 5.99. The first-order valence-electron chi connectivity index (χ1n) is 10.5. The van der Waals surface area contributed by atoms with E-state index in [1.165, 1.54) is 36.4 Å². The minimum atomic E-state index is -0.616. The van der Waals surface area contributed by atoms with E-state index in [0.29, 0.717) is 22.6 Å². The minimum absolute atomic E-state index is 0.0949. The fraction of sp³-hybridized carbons (Fsp3) is 0.0400. The second kappa shape index (κ2) is 9.18. The van der Waals surface area contributed by atoms with Crippen molar-refractivity contribution in [3.05, 3.63) is 96.7 Å². The SMILES string of the molecule is Cc1cncn1-c1cnc2ccc(Oc3cc(NC(=O)Nc4cccc(F)c4)ccc3F)cc2n1. The molecule has 0 saturated heterocycles. The van der Waals surface area contributed by atoms with Crippen LogP contribution in [0.5, 0.6) is 11.5 Å². The van der Waals surface area contributed by atoms with Crippen molar-refractivity contribution in [2.75, 3.05) is 10.6 Å². The van der Waals surface area contributed by atoms with Crippen molar-refractivity contribution in [3.8, 4) is 17.3 Å². The molecular weight excluding hydrogens is 454 g/mol. The summed E-state index contributed by atoms with van der Waals surface area (Å²) in [4.78, 5) is 25.4. The number of hydrogen-bond donors (Lipinski definition) is 2. The Morgan fingerprint density at radius 2 is 1.77 bits per heavy atom. The lowest BCUT2D eigenvalue weighted by molar-refractivity contribution is 0.262. The van der Waals surface area contributed by atoms with Crippen molar-refractivity contribution in [2.45, 2.75) is 6.92 Å². The molecule has 0 aliphatic rings. The minimum Gasteiger partial charge on any atom is -0.454 e. The van der Waals surface area contributed by atoms with Gasteiger partial charge in [0.15, 0.2) is 17.4 Å². The summed E-state index contributed by atoms with van der Waals surface area (Å²) in [6.07, 6.45) is 5.00. The van der Waals surface area contributed by atoms with Crippen LogP contribution in [0.3, 0.4) is 0 Å². The normalized spacial score (nSPS) is 10.8. The van der Waals surface area contributed by atoms with E-state index in [2.05, 4.69) is 25.6 Å². The molecule has 0 spiro atoms. The second-order valence-corrected chi connectivity index (χ2v) is 7.62. The number of urea groups is 1. The number of aromatic nitrogens is 4. The molecule has 174 valence electrons. The van der Waals surface area contributed by atoms with Gasteiger partial charge < -0.3 is 15.4 Å². The Hall–Kier alpha value is -4.86. The number of anilines is 2. The van der Waals surface area contributed by atoms with Gasteiger partial charge >= 0.3 is 6.03 Å². The molecule has 0 fully saturated rings. The zero-order valence-electron chi connectivity index (χ0n) is 18.4. The topological polar surface area (TPSA) is 94.0 Å². The second-order valence-electron chi connectivity index (χ2n) is 7.62. The molecule has 2 heterocycles. The molecule has 35 heavy (non-hydrogen) atoms. The van der Waals surface area contributed by atoms with Gasteiger partial charge in [-0.1, -0.05) is 6.07 Å². The van der Waals surface area contributed by atoms with Gasteiger partial charge in [0.05, 0.1) is 17.2 Å². The van der Waals surface area contributed by atoms with Crippen LogP contribution in [0.1, 0.15) is 5.69 Å². The fourth-order valence-electron chi connectivity index (χ4n) is 3.41. The van der Waals surface area contributed by atoms with E-state index in [-0.39, 0.29) is 17.1 Å². The third kappa shape index (κ3) is 4.91. The average molecular weight is 472 g/mol. The van der Waals surface area contributed by atoms with Crippen LogP contribution < -0.4 is 15.4 Å². The highest BCUT2D eigenvalue weighted by atomic mass is 19.1. The molecule has 0 bridgehead atoms. The van der Waals surface area contributed by atoms with Gasteiger partial charge in [0.1, 0.15) is 17.9 Å². The first kappa shape index (κ1) is 22.0. The Kier molecular flexibility index (Phi) is 5.76. The standard InChI is InChI=1S/C25H18F2N6O2/c1-15-12-28-14-33(15)24-13-29-21-8-6-19(11-22(21)32-24)35-23-10-18(5-7-20(23)27)31-25(34)30-17-4-2-3-16(26)9-17/h2-14H,1H3,(H2,30,31,34). The van der Waals surface area contributed by atoms with Crippen LogP contribution >= 0.6 is 0 Å². The van der Waals surface area contributed by atoms with Crippen molar-refractivity contribution in [1.29, 1.82) is 0 Å². The van der Waals surface area contributed by atoms with Gasteiger partial charge in [0.2, 0.25) is 0 Å². The Morgan fingerprint density at radius 3 is 2.54 bits per heavy atom. The number of nitrogens with one attached hydrogen (secondary N) is 2. The van der Waals surface area contributed by atoms with E-state index in [0.717, 1.165) is 5.69 Å². The summed E-state index contributed by atoms with van der Waals surface area (Å²) < 4.78 is 35.3. The maximum absolute atomic E-state index is 14.5. The van der Waals surface area contributed by atoms with Crippen LogP contribution in [0.2, 0.25) is 0 Å². The maximum Gasteiger partial charge on any atom is 0.323 e. The number of amides is 2. The van der Waals surface area contributed by atoms with Crippen molar-refractivity contribution >= 4 is 28.4 Å². The number of hydrogen-bond acceptors (Lipinski definition) is 5. The molecule has 2 aromatic heterocycles. The van der Waals surface area contributed by atoms with E-state index in [1.54, 1.807) is 47.6 Å². The number of ether oxygens (including phenoxy) is 1. The number of rotatable bonds is 5. The van der Waals surface area contributed by atoms with E-state index in [1.807, 2.05) is 6.92 Å². The first-order chi connectivity index (χ1) is 16.9. The van der Waals surface area contributed by atoms with Gasteiger partial charge in [-0.25, -0.2) is 23.5 Å². The first-order valence-corrected chi connectivity index (χ1v) is 10.5. The average Bonchev–Trinajstić information content (AvgIpc) is 3.26. The van der Waals surface area contributed by atoms with Crippen molar-refractivity contribution in [3.63, 3.8) is 0 Å². The third-order valence-electron chi connectivity index (χ3n) is 5.07. The zero-order valence-corrected chi connectivity index (χ0v) is 18.4. The van der Waals surface area contributed by atoms with Crippen LogP contribution in [-0.4, -0.2) is 25.6 Å². The lowest BCUT2D eigenvalue weighted by Crippen LogP contribution is -2.19. The third-order valence-corrected chi connectivity index (χ3v) is 5.07. The van der Waals surface area contributed by atoms with Crippen molar-refractivity contribution in [1.82, 2.24) is 19.5 Å². The Morgan fingerprint density at radius 1 is 0.943 bits per heavy atom. The summed E-state index contributed by atoms with van der Waals surface area (Å²) in [5.41, 5.74) is 2.66. The molecule has 0 saturated carbocycles. The quantitative estimate of drug-likeness (QED) is 0.335. The van der Waals surface area contributed by atoms with Crippen LogP contribution in [0.15, 0.2) is 79.4 Å². The van der Waals surface area contributed by atoms with Crippen molar-refractivity contribution < 1.29 is 18.3 Å². The molecular formula is C25H18F2N6O2. The summed E-state index contributed by atoms with van der Waals surface area (Å²) in [6.45, 7) is 1.90. The molecule has 5 rings (SSSR count). The van der Waals surface area contributed by atoms with Crippen LogP contribution in [0.25, 0.3) is 16.9 Å². The van der Waals surface area contributed by atoms with E-state index >= 15 is 0 Å². The van der Waals surface area contributed by atoms with Crippen LogP contribution in [0, 0.1) is 18.6 Å². The highest BCUT2D eigenvalue weighted by Crippen LogP contribution is 2.29. The number of aryl methyl sites for hydroxylation is 1. The molecule has 3 aromatic carbocycles. The van der Waals surface area contributed by atoms with Crippen LogP contribution in [0.4, 0.5) is 25.0 Å². The smallest absolute Gasteiger partial charge is 0.323 e. The number of carbonyl (C=O) groups is 1. The van der Waals surface area contributed by atoms with Crippen LogP contribution in [-0.2, 0) is 0 Å². The maximum atomic E-state index is 14.5. The fourth-order valence-corrected chi connectivity index (χ4v) is 3.41. The summed E-state index contributed by atoms with van der Waals surface area (Å²) in [5.74, 6) is -0.261. The van der Waals surface area contributed by atoms with E-state index in [9.17, 15) is 13.6 Å². The summed E-state index contributed by atoms with van der Waals surface area (Å²) in [6, 6.07) is 13.8. The molecule has 2 amide bonds. The molecule has 5 aromatic rings. The molecule has 8 nitrogen and oxygen atoms in total. The van der Waals surface area contributed by atoms with E-state index in [4.69, 9.17) is 4.74 Å². The Labute approximate surface area is 198 Å². The number of carbonyl (C=O) groups excluding carboxylic acids is 1. The number of benzene rings is 3. The lowest BCUT2D eigenvalue weighted by atomic mass is 10.2. The molecule has 0 unspecified atom stereocenters. The molecule has 0 aliphatic heterocycles. The van der Waals surface area contributed by atoms with Crippen molar-refractivity contribution in [2.24, 2.45) is 0 Å². The lowest BCUT2D eigenvalue weighted by Gasteiger charge is -2.11. The van der Waals surface area contributed by atoms with Gasteiger partial charge in [-0.3, -0.25) is 9.55 Å². The van der Waals surface area contributed by atoms with E-state index < -0.39 is 17.7 Å². The molecule has 10 heteroatoms. The number of imidazole rings is 1. The number of halogens is 2. The van der Waals surface area contributed by atoms with Gasteiger partial charge in [-0.15, -0.1) is 0 Å². The molecule has 0 atom stereocenters. The predicted molar refractivity (Wildman–Crippen MR) is 127 cm³/mol. The van der Waals surface area contributed by atoms with Gasteiger partial charge in [-0.05, 0) is 49.4 Å². The summed E-state index contributed by atoms with van der Waals surface area (Å²) in [5, 5.41) is 5.08. The molecule has 0 radical (unpaired) electrons. The molecule has 0 aliphatic carbocycles. The van der Waals surface area contributed by atoms with Gasteiger partial charge in [-0.2, -0.15) is 0 Å². The Balaban J connectivity index is 1.35. The monoisotopic (exact) mass is 472 g/mol. The van der Waals surface area contributed by atoms with Gasteiger partial charge in [0, 0.05) is 35.4 Å². The summed E-state index contributed by atoms with van der Waals surface area (Å²) >= 11 is 0.